The van der Waals surface area contributed by atoms with Gasteiger partial charge in [-0.05, 0) is 0 Å². The summed E-state index contributed by atoms with van der Waals surface area (Å²) in [6.07, 6.45) is 23.2. The Balaban J connectivity index is 1.55. The van der Waals surface area contributed by atoms with Crippen LogP contribution in [0.4, 0.5) is 17.6 Å². The van der Waals surface area contributed by atoms with Crippen molar-refractivity contribution in [2.24, 2.45) is 0 Å². The second-order valence-electron chi connectivity index (χ2n) is 11.5. The van der Waals surface area contributed by atoms with Crippen molar-refractivity contribution in [2.75, 3.05) is 0 Å². The van der Waals surface area contributed by atoms with Crippen molar-refractivity contribution in [1.82, 2.24) is 9.13 Å². The van der Waals surface area contributed by atoms with E-state index in [2.05, 4.69) is 0 Å². The van der Waals surface area contributed by atoms with Gasteiger partial charge in [0.1, 0.15) is 0 Å². The molecular formula is C36H34F4N2Ti. The first-order valence-corrected chi connectivity index (χ1v) is 18.1. The van der Waals surface area contributed by atoms with Gasteiger partial charge in [-0.15, -0.1) is 0 Å². The molecule has 2 aliphatic carbocycles. The number of halogens is 4. The summed E-state index contributed by atoms with van der Waals surface area (Å²) >= 11 is -4.76. The van der Waals surface area contributed by atoms with Crippen LogP contribution in [0.5, 0.6) is 0 Å². The SMILES string of the molecule is Cc1c(CCn2cccc2)cc(F)[c]([Ti]([c]2c(F)cc(CCn3cccc3)c(C)c2F)([CH]2C=CC=C2)[CH]2C=CC=C2)c1F. The molecule has 2 nitrogen and oxygen atoms in total. The van der Waals surface area contributed by atoms with Crippen molar-refractivity contribution in [3.05, 3.63) is 155 Å². The molecule has 0 aliphatic heterocycles. The molecule has 0 saturated heterocycles. The summed E-state index contributed by atoms with van der Waals surface area (Å²) in [6, 6.07) is 10.4. The first-order chi connectivity index (χ1) is 20.8. The van der Waals surface area contributed by atoms with Gasteiger partial charge < -0.3 is 0 Å². The number of allylic oxidation sites excluding steroid dienone is 8. The van der Waals surface area contributed by atoms with Gasteiger partial charge in [-0.2, -0.15) is 0 Å². The second kappa shape index (κ2) is 12.2. The number of hydrogen-bond donors (Lipinski definition) is 0. The van der Waals surface area contributed by atoms with Gasteiger partial charge in [-0.1, -0.05) is 0 Å². The summed E-state index contributed by atoms with van der Waals surface area (Å²) in [4.78, 5) is 0. The topological polar surface area (TPSA) is 9.86 Å². The molecule has 43 heavy (non-hydrogen) atoms. The van der Waals surface area contributed by atoms with Crippen LogP contribution in [0.15, 0.2) is 110 Å². The van der Waals surface area contributed by atoms with Gasteiger partial charge in [0.15, 0.2) is 0 Å². The average Bonchev–Trinajstić information content (AvgIpc) is 3.83. The van der Waals surface area contributed by atoms with Crippen molar-refractivity contribution >= 4 is 7.74 Å². The normalized spacial score (nSPS) is 15.0. The van der Waals surface area contributed by atoms with E-state index in [-0.39, 0.29) is 7.74 Å². The molecule has 2 aromatic carbocycles. The third-order valence-corrected chi connectivity index (χ3v) is 17.6. The van der Waals surface area contributed by atoms with Crippen LogP contribution < -0.4 is 7.74 Å². The maximum atomic E-state index is 16.9. The second-order valence-corrected chi connectivity index (χ2v) is 17.8. The zero-order chi connectivity index (χ0) is 30.1. The summed E-state index contributed by atoms with van der Waals surface area (Å²) in [5, 5.41) is 0. The predicted molar refractivity (Wildman–Crippen MR) is 162 cm³/mol. The van der Waals surface area contributed by atoms with Crippen molar-refractivity contribution in [2.45, 2.75) is 48.2 Å². The third-order valence-electron chi connectivity index (χ3n) is 9.13. The predicted octanol–water partition coefficient (Wildman–Crippen LogP) is 7.88. The molecule has 0 fully saturated rings. The fourth-order valence-electron chi connectivity index (χ4n) is 6.83. The van der Waals surface area contributed by atoms with Gasteiger partial charge in [0, 0.05) is 0 Å². The molecule has 4 aromatic rings. The number of aryl methyl sites for hydroxylation is 4. The number of aromatic nitrogens is 2. The Morgan fingerprint density at radius 3 is 1.28 bits per heavy atom. The van der Waals surface area contributed by atoms with Gasteiger partial charge in [0.05, 0.1) is 0 Å². The summed E-state index contributed by atoms with van der Waals surface area (Å²) in [6.45, 7) is 4.43. The van der Waals surface area contributed by atoms with E-state index in [9.17, 15) is 0 Å². The van der Waals surface area contributed by atoms with E-state index < -0.39 is 48.3 Å². The van der Waals surface area contributed by atoms with Crippen LogP contribution in [-0.4, -0.2) is 9.13 Å². The molecule has 2 aliphatic rings. The van der Waals surface area contributed by atoms with Crippen LogP contribution in [-0.2, 0) is 42.5 Å². The molecule has 6 rings (SSSR count). The molecule has 0 unspecified atom stereocenters. The molecule has 2 aromatic heterocycles. The van der Waals surface area contributed by atoms with E-state index in [1.807, 2.05) is 107 Å². The van der Waals surface area contributed by atoms with E-state index >= 15 is 17.6 Å². The number of nitrogens with zero attached hydrogens (tertiary/aromatic N) is 2. The minimum absolute atomic E-state index is 0.123. The van der Waals surface area contributed by atoms with Crippen LogP contribution in [0.3, 0.4) is 0 Å². The standard InChI is InChI=1S/2C13H12F2N.2C5H5.Ti/c2*1-10-11(8-12(14)9-13(10)15)4-7-16-5-2-3-6-16;2*1-2-4-5-3-1;/h2*2-3,5-6,8H,4,7H2,1H3;2*1-5H;. The Morgan fingerprint density at radius 1 is 0.581 bits per heavy atom. The van der Waals surface area contributed by atoms with Crippen LogP contribution >= 0.6 is 0 Å². The van der Waals surface area contributed by atoms with Crippen LogP contribution in [0.1, 0.15) is 22.3 Å². The van der Waals surface area contributed by atoms with Crippen molar-refractivity contribution in [1.29, 1.82) is 0 Å². The van der Waals surface area contributed by atoms with Crippen molar-refractivity contribution in [3.8, 4) is 0 Å². The summed E-state index contributed by atoms with van der Waals surface area (Å²) < 4.78 is 69.6. The van der Waals surface area contributed by atoms with Crippen LogP contribution in [0.2, 0.25) is 8.45 Å². The molecule has 0 bridgehead atoms. The Labute approximate surface area is 253 Å². The van der Waals surface area contributed by atoms with Gasteiger partial charge in [0.25, 0.3) is 0 Å². The van der Waals surface area contributed by atoms with E-state index in [1.54, 1.807) is 13.8 Å². The number of benzene rings is 2. The first-order valence-electron chi connectivity index (χ1n) is 14.7. The summed E-state index contributed by atoms with van der Waals surface area (Å²) in [5.41, 5.74) is 1.76. The monoisotopic (exact) mass is 618 g/mol. The molecule has 0 saturated carbocycles. The molecule has 7 heteroatoms. The van der Waals surface area contributed by atoms with Crippen molar-refractivity contribution in [3.63, 3.8) is 0 Å². The fraction of sp³-hybridized carbons (Fsp3) is 0.222. The summed E-state index contributed by atoms with van der Waals surface area (Å²) in [5.74, 6) is -2.81. The average molecular weight is 619 g/mol. The maximum absolute atomic E-state index is 16.9. The number of hydrogen-bond acceptors (Lipinski definition) is 0. The van der Waals surface area contributed by atoms with E-state index in [1.165, 1.54) is 12.1 Å². The van der Waals surface area contributed by atoms with Gasteiger partial charge in [0.2, 0.25) is 0 Å². The molecule has 0 spiro atoms. The minimum atomic E-state index is -4.76. The van der Waals surface area contributed by atoms with Crippen molar-refractivity contribution < 1.29 is 34.2 Å². The third kappa shape index (κ3) is 5.25. The Bertz CT molecular complexity index is 1590. The fourth-order valence-corrected chi connectivity index (χ4v) is 15.8. The Morgan fingerprint density at radius 2 is 0.930 bits per heavy atom. The van der Waals surface area contributed by atoms with Crippen LogP contribution in [0, 0.1) is 37.1 Å². The molecule has 2 heterocycles. The molecular weight excluding hydrogens is 584 g/mol. The van der Waals surface area contributed by atoms with E-state index in [4.69, 9.17) is 0 Å². The summed E-state index contributed by atoms with van der Waals surface area (Å²) in [7, 11) is 0. The van der Waals surface area contributed by atoms with Gasteiger partial charge in [-0.25, -0.2) is 0 Å². The van der Waals surface area contributed by atoms with E-state index in [0.29, 0.717) is 48.2 Å². The molecule has 0 N–H and O–H groups in total. The Kier molecular flexibility index (Phi) is 8.35. The quantitative estimate of drug-likeness (QED) is 0.126. The van der Waals surface area contributed by atoms with Gasteiger partial charge in [-0.3, -0.25) is 0 Å². The van der Waals surface area contributed by atoms with Gasteiger partial charge >= 0.3 is 255 Å². The molecule has 0 amide bonds. The Hall–Kier alpha value is -3.61. The molecule has 0 atom stereocenters. The van der Waals surface area contributed by atoms with E-state index in [0.717, 1.165) is 0 Å². The first kappa shape index (κ1) is 29.5. The van der Waals surface area contributed by atoms with Crippen LogP contribution in [0.25, 0.3) is 0 Å². The molecule has 0 radical (unpaired) electrons. The number of rotatable bonds is 10. The zero-order valence-corrected chi connectivity index (χ0v) is 25.8. The molecule has 220 valence electrons. The zero-order valence-electron chi connectivity index (χ0n) is 24.3.